The molecule has 78 valence electrons. The Morgan fingerprint density at radius 2 is 1.36 bits per heavy atom. The summed E-state index contributed by atoms with van der Waals surface area (Å²) >= 11 is 0. The van der Waals surface area contributed by atoms with E-state index in [-0.39, 0.29) is 92.6 Å². The van der Waals surface area contributed by atoms with Gasteiger partial charge in [-0.1, -0.05) is 8.67 Å². The van der Waals surface area contributed by atoms with E-state index in [1.165, 1.54) is 0 Å². The Bertz CT molecular complexity index is 259. The minimum absolute atomic E-state index is 0. The summed E-state index contributed by atoms with van der Waals surface area (Å²) < 4.78 is 60.2. The van der Waals surface area contributed by atoms with E-state index >= 15 is 0 Å². The monoisotopic (exact) mass is 289 g/mol. The van der Waals surface area contributed by atoms with E-state index in [1.807, 2.05) is 0 Å². The maximum atomic E-state index is 9.48. The molecule has 10 nitrogen and oxygen atoms in total. The standard InChI is InChI=1S/K.H3N.Na.H2O8S2.H2O/c;;;1-9(2,3)7-8-10(4,5)6;/h;1H3;;(H,1,2,3)(H,4,5,6);1H2/q+1;;+1;;/p-2. The smallest absolute Gasteiger partial charge is 0.870 e. The van der Waals surface area contributed by atoms with Gasteiger partial charge in [0.2, 0.25) is 10.4 Å². The Hall–Kier alpha value is 2.30. The van der Waals surface area contributed by atoms with Crippen molar-refractivity contribution >= 4 is 20.8 Å². The first kappa shape index (κ1) is 29.9. The molecule has 0 atom stereocenters. The molecule has 0 aliphatic carbocycles. The van der Waals surface area contributed by atoms with Gasteiger partial charge in [-0.15, -0.1) is 0 Å². The van der Waals surface area contributed by atoms with Crippen molar-refractivity contribution in [3.8, 4) is 0 Å². The molecule has 0 saturated heterocycles. The van der Waals surface area contributed by atoms with Crippen molar-refractivity contribution in [1.29, 1.82) is 0 Å². The Kier molecular flexibility index (Phi) is 25.1. The van der Waals surface area contributed by atoms with Crippen molar-refractivity contribution in [3.63, 3.8) is 0 Å². The van der Waals surface area contributed by atoms with Gasteiger partial charge in [-0.25, -0.2) is 8.42 Å². The summed E-state index contributed by atoms with van der Waals surface area (Å²) in [5.41, 5.74) is 0. The van der Waals surface area contributed by atoms with Crippen LogP contribution in [0.3, 0.4) is 0 Å². The predicted molar refractivity (Wildman–Crippen MR) is 30.4 cm³/mol. The number of rotatable bonds is 3. The maximum absolute atomic E-state index is 9.48. The van der Waals surface area contributed by atoms with E-state index in [2.05, 4.69) is 8.67 Å². The Morgan fingerprint density at radius 1 is 1.07 bits per heavy atom. The summed E-state index contributed by atoms with van der Waals surface area (Å²) in [5, 5.41) is 0. The average molecular weight is 289 g/mol. The van der Waals surface area contributed by atoms with Crippen LogP contribution < -0.4 is 87.1 Å². The zero-order chi connectivity index (χ0) is 8.41. The van der Waals surface area contributed by atoms with Crippen molar-refractivity contribution in [2.45, 2.75) is 0 Å². The van der Waals surface area contributed by atoms with E-state index in [1.54, 1.807) is 0 Å². The van der Waals surface area contributed by atoms with Gasteiger partial charge in [-0.3, -0.25) is 4.55 Å². The SMILES string of the molecule is N.O=S(=O)([O-])OOS(=O)(=O)O.[K+].[Na+].[OH-]. The van der Waals surface area contributed by atoms with Crippen LogP contribution in [0.4, 0.5) is 0 Å². The third-order valence-corrected chi connectivity index (χ3v) is 0.758. The first-order valence-corrected chi connectivity index (χ1v) is 4.21. The molecule has 0 fully saturated rings. The Labute approximate surface area is 145 Å². The van der Waals surface area contributed by atoms with Crippen LogP contribution >= 0.6 is 0 Å². The van der Waals surface area contributed by atoms with E-state index in [0.717, 1.165) is 0 Å². The minimum Gasteiger partial charge on any atom is -0.870 e. The summed E-state index contributed by atoms with van der Waals surface area (Å²) in [6.07, 6.45) is 0. The second kappa shape index (κ2) is 11.8. The van der Waals surface area contributed by atoms with Crippen molar-refractivity contribution in [2.75, 3.05) is 0 Å². The maximum Gasteiger partial charge on any atom is 1.00 e. The van der Waals surface area contributed by atoms with Gasteiger partial charge in [0.25, 0.3) is 0 Å². The zero-order valence-electron chi connectivity index (χ0n) is 7.28. The average Bonchev–Trinajstić information content (AvgIpc) is 1.57. The second-order valence-corrected chi connectivity index (χ2v) is 2.92. The summed E-state index contributed by atoms with van der Waals surface area (Å²) in [6, 6.07) is 0. The van der Waals surface area contributed by atoms with E-state index < -0.39 is 20.8 Å². The topological polar surface area (TPSA) is 195 Å². The molecule has 0 aromatic rings. The zero-order valence-corrected chi connectivity index (χ0v) is 14.0. The normalized spacial score (nSPS) is 9.57. The van der Waals surface area contributed by atoms with Gasteiger partial charge in [-0.05, 0) is 0 Å². The molecular weight excluding hydrogens is 284 g/mol. The van der Waals surface area contributed by atoms with Crippen LogP contribution in [0.15, 0.2) is 0 Å². The third-order valence-electron chi connectivity index (χ3n) is 0.197. The van der Waals surface area contributed by atoms with Gasteiger partial charge in [0.15, 0.2) is 0 Å². The molecule has 0 bridgehead atoms. The molecule has 0 aliphatic heterocycles. The molecule has 0 heterocycles. The Morgan fingerprint density at radius 3 is 1.43 bits per heavy atom. The van der Waals surface area contributed by atoms with Gasteiger partial charge in [-0.2, -0.15) is 8.42 Å². The molecule has 0 aromatic heterocycles. The molecule has 14 heteroatoms. The minimum atomic E-state index is -5.27. The fourth-order valence-corrected chi connectivity index (χ4v) is 0.622. The van der Waals surface area contributed by atoms with E-state index in [4.69, 9.17) is 4.55 Å². The molecule has 0 spiro atoms. The van der Waals surface area contributed by atoms with Gasteiger partial charge < -0.3 is 16.2 Å². The van der Waals surface area contributed by atoms with Gasteiger partial charge in [0.1, 0.15) is 0 Å². The van der Waals surface area contributed by atoms with Crippen molar-refractivity contribution in [3.05, 3.63) is 0 Å². The molecule has 0 aromatic carbocycles. The first-order chi connectivity index (χ1) is 4.21. The van der Waals surface area contributed by atoms with Crippen LogP contribution in [0.25, 0.3) is 0 Å². The summed E-state index contributed by atoms with van der Waals surface area (Å²) in [5.74, 6) is 0. The van der Waals surface area contributed by atoms with E-state index in [0.29, 0.717) is 0 Å². The van der Waals surface area contributed by atoms with Crippen LogP contribution in [0.2, 0.25) is 0 Å². The van der Waals surface area contributed by atoms with Gasteiger partial charge in [0, 0.05) is 0 Å². The van der Waals surface area contributed by atoms with Crippen LogP contribution in [0, 0.1) is 0 Å². The van der Waals surface area contributed by atoms with Crippen molar-refractivity contribution in [2.24, 2.45) is 0 Å². The Balaban J connectivity index is -0.0000000675. The largest absolute Gasteiger partial charge is 1.00 e. The van der Waals surface area contributed by atoms with Crippen molar-refractivity contribution in [1.82, 2.24) is 6.15 Å². The van der Waals surface area contributed by atoms with Gasteiger partial charge in [0.05, 0.1) is 0 Å². The number of hydrogen-bond donors (Lipinski definition) is 2. The van der Waals surface area contributed by atoms with Gasteiger partial charge >= 0.3 is 91.3 Å². The number of hydrogen-bond acceptors (Lipinski definition) is 9. The summed E-state index contributed by atoms with van der Waals surface area (Å²) in [7, 11) is -10.3. The molecule has 5 N–H and O–H groups in total. The molecule has 14 heavy (non-hydrogen) atoms. The molecular formula is H5KNNaO9S2. The van der Waals surface area contributed by atoms with E-state index in [9.17, 15) is 21.4 Å². The molecule has 0 unspecified atom stereocenters. The predicted octanol–water partition coefficient (Wildman–Crippen LogP) is -7.81. The molecule has 0 amide bonds. The molecule has 0 rings (SSSR count). The van der Waals surface area contributed by atoms with Crippen LogP contribution in [-0.2, 0) is 29.5 Å². The fraction of sp³-hybridized carbons (Fsp3) is 0. The quantitative estimate of drug-likeness (QED) is 0.165. The van der Waals surface area contributed by atoms with Crippen LogP contribution in [0.5, 0.6) is 0 Å². The summed E-state index contributed by atoms with van der Waals surface area (Å²) in [4.78, 5) is 0. The first-order valence-electron chi connectivity index (χ1n) is 1.52. The molecule has 0 saturated carbocycles. The molecule has 0 aliphatic rings. The van der Waals surface area contributed by atoms with Crippen LogP contribution in [0.1, 0.15) is 0 Å². The summed E-state index contributed by atoms with van der Waals surface area (Å²) in [6.45, 7) is 0. The second-order valence-electron chi connectivity index (χ2n) is 0.972. The van der Waals surface area contributed by atoms with Crippen molar-refractivity contribution < 1.29 is 121 Å². The van der Waals surface area contributed by atoms with Crippen LogP contribution in [-0.4, -0.2) is 31.4 Å². The fourth-order valence-electron chi connectivity index (χ4n) is 0.0691. The third kappa shape index (κ3) is 29.2. The molecule has 0 radical (unpaired) electrons.